The quantitative estimate of drug-likeness (QED) is 0.223. The lowest BCUT2D eigenvalue weighted by molar-refractivity contribution is 0.125. The summed E-state index contributed by atoms with van der Waals surface area (Å²) in [4.78, 5) is 0. The van der Waals surface area contributed by atoms with Crippen LogP contribution in [-0.4, -0.2) is 21.1 Å². The van der Waals surface area contributed by atoms with Crippen LogP contribution in [0, 0.1) is 0 Å². The molecule has 0 saturated carbocycles. The Balaban J connectivity index is 3.85. The minimum Gasteiger partial charge on any atom is -0.502 e. The molecule has 0 aromatic rings. The third-order valence-corrected chi connectivity index (χ3v) is 4.11. The third kappa shape index (κ3) is 8.36. The highest BCUT2D eigenvalue weighted by Gasteiger charge is 2.18. The molecule has 0 saturated heterocycles. The fraction of sp³-hybridized carbons (Fsp3) is 0.636. The summed E-state index contributed by atoms with van der Waals surface area (Å²) in [6.45, 7) is 7.83. The zero-order chi connectivity index (χ0) is 11.5. The molecule has 0 rings (SSSR count). The number of hydrogen-bond acceptors (Lipinski definition) is 2. The molecule has 0 aromatic heterocycles. The van der Waals surface area contributed by atoms with E-state index >= 15 is 0 Å². The van der Waals surface area contributed by atoms with Gasteiger partial charge in [-0.05, 0) is 23.7 Å². The molecule has 0 aliphatic heterocycles. The van der Waals surface area contributed by atoms with Crippen molar-refractivity contribution in [2.24, 2.45) is 0 Å². The fourth-order valence-electron chi connectivity index (χ4n) is 1.19. The van der Waals surface area contributed by atoms with Gasteiger partial charge in [-0.2, -0.15) is 0 Å². The maximum atomic E-state index is 5.51. The molecule has 0 aliphatic rings. The van der Waals surface area contributed by atoms with E-state index in [1.165, 1.54) is 23.4 Å². The Labute approximate surface area is 120 Å². The SMILES string of the molecule is C=COCCC(I)C(CCCI)OC=C. The average Bonchev–Trinajstić information content (AvgIpc) is 2.24. The Morgan fingerprint density at radius 3 is 2.47 bits per heavy atom. The van der Waals surface area contributed by atoms with Crippen LogP contribution in [0.3, 0.4) is 0 Å². The Morgan fingerprint density at radius 1 is 1.20 bits per heavy atom. The molecule has 2 atom stereocenters. The van der Waals surface area contributed by atoms with Crippen molar-refractivity contribution in [2.75, 3.05) is 11.0 Å². The van der Waals surface area contributed by atoms with E-state index in [4.69, 9.17) is 9.47 Å². The van der Waals surface area contributed by atoms with E-state index in [0.717, 1.165) is 12.8 Å². The standard InChI is InChI=1S/C11H18I2O2/c1-3-14-9-7-10(13)11(15-4-2)6-5-8-12/h3-4,10-11H,1-2,5-9H2. The first-order chi connectivity index (χ1) is 7.26. The molecular weight excluding hydrogens is 418 g/mol. The minimum atomic E-state index is 0.256. The van der Waals surface area contributed by atoms with Crippen LogP contribution in [0.1, 0.15) is 19.3 Å². The smallest absolute Gasteiger partial charge is 0.110 e. The van der Waals surface area contributed by atoms with Gasteiger partial charge in [0.25, 0.3) is 0 Å². The molecule has 0 aromatic carbocycles. The van der Waals surface area contributed by atoms with Gasteiger partial charge in [0.2, 0.25) is 0 Å². The van der Waals surface area contributed by atoms with E-state index in [0.29, 0.717) is 10.5 Å². The normalized spacial score (nSPS) is 14.0. The molecule has 0 amide bonds. The van der Waals surface area contributed by atoms with E-state index in [1.54, 1.807) is 0 Å². The molecule has 0 spiro atoms. The Morgan fingerprint density at radius 2 is 1.93 bits per heavy atom. The highest BCUT2D eigenvalue weighted by Crippen LogP contribution is 2.19. The first kappa shape index (κ1) is 15.5. The van der Waals surface area contributed by atoms with Crippen LogP contribution in [0.5, 0.6) is 0 Å². The van der Waals surface area contributed by atoms with E-state index in [-0.39, 0.29) is 6.10 Å². The second kappa shape index (κ2) is 11.0. The summed E-state index contributed by atoms with van der Waals surface area (Å²) in [5.74, 6) is 0. The van der Waals surface area contributed by atoms with Crippen molar-refractivity contribution in [3.8, 4) is 0 Å². The molecule has 88 valence electrons. The molecular formula is C11H18I2O2. The van der Waals surface area contributed by atoms with Crippen molar-refractivity contribution in [3.05, 3.63) is 25.7 Å². The second-order valence-electron chi connectivity index (χ2n) is 3.01. The molecule has 0 heterocycles. The lowest BCUT2D eigenvalue weighted by Crippen LogP contribution is -2.23. The van der Waals surface area contributed by atoms with Gasteiger partial charge < -0.3 is 9.47 Å². The molecule has 0 aliphatic carbocycles. The molecule has 15 heavy (non-hydrogen) atoms. The van der Waals surface area contributed by atoms with Gasteiger partial charge in [-0.15, -0.1) is 0 Å². The summed E-state index contributed by atoms with van der Waals surface area (Å²) >= 11 is 4.80. The van der Waals surface area contributed by atoms with Crippen molar-refractivity contribution in [2.45, 2.75) is 29.3 Å². The van der Waals surface area contributed by atoms with Crippen LogP contribution in [0.2, 0.25) is 0 Å². The van der Waals surface area contributed by atoms with Crippen LogP contribution in [0.25, 0.3) is 0 Å². The van der Waals surface area contributed by atoms with Gasteiger partial charge in [-0.25, -0.2) is 0 Å². The van der Waals surface area contributed by atoms with Gasteiger partial charge in [-0.1, -0.05) is 58.3 Å². The lowest BCUT2D eigenvalue weighted by Gasteiger charge is -2.21. The molecule has 4 heteroatoms. The summed E-state index contributed by atoms with van der Waals surface area (Å²) in [5.41, 5.74) is 0. The number of hydrogen-bond donors (Lipinski definition) is 0. The Kier molecular flexibility index (Phi) is 11.4. The number of rotatable bonds is 10. The van der Waals surface area contributed by atoms with Crippen molar-refractivity contribution in [3.63, 3.8) is 0 Å². The van der Waals surface area contributed by atoms with Crippen LogP contribution in [0.4, 0.5) is 0 Å². The number of ether oxygens (including phenoxy) is 2. The maximum absolute atomic E-state index is 5.51. The monoisotopic (exact) mass is 436 g/mol. The molecule has 2 unspecified atom stereocenters. The predicted molar refractivity (Wildman–Crippen MR) is 81.8 cm³/mol. The molecule has 0 radical (unpaired) electrons. The van der Waals surface area contributed by atoms with Crippen molar-refractivity contribution in [1.29, 1.82) is 0 Å². The lowest BCUT2D eigenvalue weighted by atomic mass is 10.1. The first-order valence-corrected chi connectivity index (χ1v) is 7.72. The zero-order valence-electron chi connectivity index (χ0n) is 8.83. The summed E-state index contributed by atoms with van der Waals surface area (Å²) in [7, 11) is 0. The van der Waals surface area contributed by atoms with Crippen molar-refractivity contribution in [1.82, 2.24) is 0 Å². The van der Waals surface area contributed by atoms with Gasteiger partial charge >= 0.3 is 0 Å². The summed E-state index contributed by atoms with van der Waals surface area (Å²) in [5, 5.41) is 0. The van der Waals surface area contributed by atoms with Gasteiger partial charge in [0.15, 0.2) is 0 Å². The summed E-state index contributed by atoms with van der Waals surface area (Å²) in [6, 6.07) is 0. The Hall–Kier alpha value is 0.540. The highest BCUT2D eigenvalue weighted by molar-refractivity contribution is 14.1. The van der Waals surface area contributed by atoms with Crippen molar-refractivity contribution < 1.29 is 9.47 Å². The van der Waals surface area contributed by atoms with E-state index < -0.39 is 0 Å². The summed E-state index contributed by atoms with van der Waals surface area (Å²) < 4.78 is 12.3. The van der Waals surface area contributed by atoms with Crippen LogP contribution in [0.15, 0.2) is 25.7 Å². The van der Waals surface area contributed by atoms with E-state index in [1.807, 2.05) is 0 Å². The topological polar surface area (TPSA) is 18.5 Å². The van der Waals surface area contributed by atoms with E-state index in [9.17, 15) is 0 Å². The molecule has 0 fully saturated rings. The van der Waals surface area contributed by atoms with Gasteiger partial charge in [0.1, 0.15) is 6.10 Å². The highest BCUT2D eigenvalue weighted by atomic mass is 127. The van der Waals surface area contributed by atoms with Crippen LogP contribution in [-0.2, 0) is 9.47 Å². The van der Waals surface area contributed by atoms with E-state index in [2.05, 4.69) is 58.3 Å². The van der Waals surface area contributed by atoms with Crippen LogP contribution >= 0.6 is 45.2 Å². The molecule has 2 nitrogen and oxygen atoms in total. The number of halogens is 2. The molecule has 0 bridgehead atoms. The minimum absolute atomic E-state index is 0.256. The van der Waals surface area contributed by atoms with Crippen LogP contribution < -0.4 is 0 Å². The summed E-state index contributed by atoms with van der Waals surface area (Å²) in [6.07, 6.45) is 6.52. The largest absolute Gasteiger partial charge is 0.502 e. The maximum Gasteiger partial charge on any atom is 0.110 e. The second-order valence-corrected chi connectivity index (χ2v) is 5.69. The van der Waals surface area contributed by atoms with Crippen molar-refractivity contribution >= 4 is 45.2 Å². The number of alkyl halides is 2. The fourth-order valence-corrected chi connectivity index (χ4v) is 2.41. The first-order valence-electron chi connectivity index (χ1n) is 4.95. The predicted octanol–water partition coefficient (Wildman–Crippen LogP) is 4.08. The van der Waals surface area contributed by atoms with Gasteiger partial charge in [-0.3, -0.25) is 0 Å². The third-order valence-electron chi connectivity index (χ3n) is 1.93. The zero-order valence-corrected chi connectivity index (χ0v) is 13.1. The van der Waals surface area contributed by atoms with Gasteiger partial charge in [0.05, 0.1) is 23.1 Å². The van der Waals surface area contributed by atoms with Gasteiger partial charge in [0, 0.05) is 0 Å². The average molecular weight is 436 g/mol. The Bertz CT molecular complexity index is 174. The molecule has 0 N–H and O–H groups in total.